The summed E-state index contributed by atoms with van der Waals surface area (Å²) >= 11 is 13.9. The van der Waals surface area contributed by atoms with Gasteiger partial charge in [-0.1, -0.05) is 29.3 Å². The lowest BCUT2D eigenvalue weighted by Gasteiger charge is -2.34. The maximum absolute atomic E-state index is 12.8. The number of fused-ring (bicyclic) bond motifs is 3. The zero-order valence-electron chi connectivity index (χ0n) is 16.9. The number of aryl methyl sites for hydroxylation is 2. The molecule has 0 spiro atoms. The average molecular weight is 477 g/mol. The molecule has 1 aliphatic carbocycles. The molecule has 3 heterocycles. The highest BCUT2D eigenvalue weighted by molar-refractivity contribution is 7.18. The summed E-state index contributed by atoms with van der Waals surface area (Å²) in [5, 5.41) is 1.47. The molecule has 6 nitrogen and oxygen atoms in total. The minimum Gasteiger partial charge on any atom is -0.336 e. The Morgan fingerprint density at radius 1 is 1.13 bits per heavy atom. The van der Waals surface area contributed by atoms with Crippen molar-refractivity contribution in [2.24, 2.45) is 0 Å². The predicted molar refractivity (Wildman–Crippen MR) is 125 cm³/mol. The van der Waals surface area contributed by atoms with Gasteiger partial charge in [-0.3, -0.25) is 14.5 Å². The summed E-state index contributed by atoms with van der Waals surface area (Å²) in [4.78, 5) is 39.5. The normalized spacial score (nSPS) is 17.2. The first-order valence-corrected chi connectivity index (χ1v) is 12.1. The molecule has 162 valence electrons. The Labute approximate surface area is 193 Å². The summed E-state index contributed by atoms with van der Waals surface area (Å²) in [6.07, 6.45) is 4.36. The van der Waals surface area contributed by atoms with Crippen molar-refractivity contribution in [3.05, 3.63) is 60.4 Å². The van der Waals surface area contributed by atoms with Crippen LogP contribution in [-0.2, 0) is 19.4 Å². The molecule has 1 amide bonds. The molecule has 5 rings (SSSR count). The predicted octanol–water partition coefficient (Wildman–Crippen LogP) is 4.13. The molecule has 1 aromatic carbocycles. The van der Waals surface area contributed by atoms with Gasteiger partial charge >= 0.3 is 0 Å². The molecule has 0 saturated carbocycles. The number of hydrogen-bond acceptors (Lipinski definition) is 5. The lowest BCUT2D eigenvalue weighted by atomic mass is 9.97. The number of benzene rings is 1. The van der Waals surface area contributed by atoms with Crippen LogP contribution in [0.2, 0.25) is 10.0 Å². The van der Waals surface area contributed by atoms with Gasteiger partial charge in [0.15, 0.2) is 0 Å². The van der Waals surface area contributed by atoms with Gasteiger partial charge in [0.1, 0.15) is 10.7 Å². The van der Waals surface area contributed by atoms with Crippen LogP contribution in [0.1, 0.15) is 39.5 Å². The largest absolute Gasteiger partial charge is 0.336 e. The fraction of sp³-hybridized carbons (Fsp3) is 0.409. The molecule has 2 aliphatic rings. The highest BCUT2D eigenvalue weighted by atomic mass is 35.5. The molecule has 0 radical (unpaired) electrons. The van der Waals surface area contributed by atoms with E-state index in [1.807, 2.05) is 0 Å². The second kappa shape index (κ2) is 8.54. The first kappa shape index (κ1) is 20.9. The topological polar surface area (TPSA) is 69.3 Å². The number of nitrogens with zero attached hydrogens (tertiary/aromatic N) is 3. The molecule has 0 bridgehead atoms. The highest BCUT2D eigenvalue weighted by Gasteiger charge is 2.25. The number of carbonyl (C=O) groups excluding carboxylic acids is 1. The van der Waals surface area contributed by atoms with Crippen LogP contribution in [0.5, 0.6) is 0 Å². The van der Waals surface area contributed by atoms with Crippen molar-refractivity contribution < 1.29 is 4.79 Å². The third-order valence-corrected chi connectivity index (χ3v) is 8.09. The van der Waals surface area contributed by atoms with Crippen LogP contribution in [0.25, 0.3) is 10.2 Å². The van der Waals surface area contributed by atoms with Crippen LogP contribution in [-0.4, -0.2) is 51.9 Å². The van der Waals surface area contributed by atoms with Crippen molar-refractivity contribution >= 4 is 50.7 Å². The number of thiophene rings is 1. The first-order chi connectivity index (χ1) is 15.0. The Morgan fingerprint density at radius 3 is 2.71 bits per heavy atom. The maximum atomic E-state index is 12.8. The Kier molecular flexibility index (Phi) is 5.77. The molecule has 1 N–H and O–H groups in total. The van der Waals surface area contributed by atoms with Crippen LogP contribution in [0.15, 0.2) is 23.0 Å². The molecule has 31 heavy (non-hydrogen) atoms. The minimum atomic E-state index is -0.107. The molecule has 9 heteroatoms. The van der Waals surface area contributed by atoms with E-state index >= 15 is 0 Å². The molecule has 2 aromatic heterocycles. The standard InChI is InChI=1S/C22H22Cl2N4O2S/c23-15-6-3-5-14(19(15)24)22(30)28-10-8-27(9-11-28)12-17-25-20(29)18-13-4-1-2-7-16(13)31-21(18)26-17/h3,5-6H,1-2,4,7-12H2,(H,25,26,29). The number of amides is 1. The summed E-state index contributed by atoms with van der Waals surface area (Å²) in [6, 6.07) is 5.11. The Hall–Kier alpha value is -1.93. The van der Waals surface area contributed by atoms with Gasteiger partial charge in [0, 0.05) is 31.1 Å². The van der Waals surface area contributed by atoms with E-state index < -0.39 is 0 Å². The number of carbonyl (C=O) groups is 1. The Balaban J connectivity index is 1.27. The second-order valence-corrected chi connectivity index (χ2v) is 9.94. The molecule has 0 atom stereocenters. The number of hydrogen-bond donors (Lipinski definition) is 1. The summed E-state index contributed by atoms with van der Waals surface area (Å²) in [5.41, 5.74) is 1.61. The Morgan fingerprint density at radius 2 is 1.90 bits per heavy atom. The van der Waals surface area contributed by atoms with Crippen molar-refractivity contribution in [3.63, 3.8) is 0 Å². The van der Waals surface area contributed by atoms with Gasteiger partial charge in [-0.2, -0.15) is 0 Å². The van der Waals surface area contributed by atoms with Crippen LogP contribution in [0.4, 0.5) is 0 Å². The van der Waals surface area contributed by atoms with E-state index in [2.05, 4.69) is 9.88 Å². The fourth-order valence-electron chi connectivity index (χ4n) is 4.44. The molecule has 3 aromatic rings. The van der Waals surface area contributed by atoms with Gasteiger partial charge in [-0.25, -0.2) is 4.98 Å². The molecular formula is C22H22Cl2N4O2S. The van der Waals surface area contributed by atoms with Crippen molar-refractivity contribution in [1.82, 2.24) is 19.8 Å². The maximum Gasteiger partial charge on any atom is 0.259 e. The third kappa shape index (κ3) is 4.00. The van der Waals surface area contributed by atoms with Gasteiger partial charge in [0.25, 0.3) is 11.5 Å². The fourth-order valence-corrected chi connectivity index (χ4v) is 6.11. The quantitative estimate of drug-likeness (QED) is 0.616. The molecule has 1 fully saturated rings. The van der Waals surface area contributed by atoms with Crippen LogP contribution in [0.3, 0.4) is 0 Å². The van der Waals surface area contributed by atoms with Gasteiger partial charge in [-0.15, -0.1) is 11.3 Å². The SMILES string of the molecule is O=C(c1cccc(Cl)c1Cl)N1CCN(Cc2nc3sc4c(c3c(=O)[nH]2)CCCC4)CC1. The van der Waals surface area contributed by atoms with Gasteiger partial charge in [0.2, 0.25) is 0 Å². The number of rotatable bonds is 3. The van der Waals surface area contributed by atoms with Crippen molar-refractivity contribution in [1.29, 1.82) is 0 Å². The van der Waals surface area contributed by atoms with E-state index in [1.165, 1.54) is 16.9 Å². The van der Waals surface area contributed by atoms with Crippen molar-refractivity contribution in [2.45, 2.75) is 32.2 Å². The number of halogens is 2. The molecule has 0 unspecified atom stereocenters. The van der Waals surface area contributed by atoms with Crippen molar-refractivity contribution in [3.8, 4) is 0 Å². The first-order valence-electron chi connectivity index (χ1n) is 10.5. The van der Waals surface area contributed by atoms with Crippen LogP contribution in [0, 0.1) is 0 Å². The minimum absolute atomic E-state index is 0.0242. The number of nitrogens with one attached hydrogen (secondary N) is 1. The second-order valence-electron chi connectivity index (χ2n) is 8.07. The highest BCUT2D eigenvalue weighted by Crippen LogP contribution is 2.33. The van der Waals surface area contributed by atoms with E-state index in [9.17, 15) is 9.59 Å². The van der Waals surface area contributed by atoms with Gasteiger partial charge in [0.05, 0.1) is 27.5 Å². The average Bonchev–Trinajstić information content (AvgIpc) is 3.14. The number of piperazine rings is 1. The molecule has 1 aliphatic heterocycles. The number of aromatic amines is 1. The van der Waals surface area contributed by atoms with Crippen LogP contribution < -0.4 is 5.56 Å². The number of aromatic nitrogens is 2. The Bertz CT molecular complexity index is 1210. The van der Waals surface area contributed by atoms with E-state index in [4.69, 9.17) is 28.2 Å². The molecule has 1 saturated heterocycles. The monoisotopic (exact) mass is 476 g/mol. The van der Waals surface area contributed by atoms with Gasteiger partial charge in [-0.05, 0) is 43.4 Å². The summed E-state index contributed by atoms with van der Waals surface area (Å²) < 4.78 is 0. The summed E-state index contributed by atoms with van der Waals surface area (Å²) in [5.74, 6) is 0.582. The van der Waals surface area contributed by atoms with E-state index in [0.29, 0.717) is 54.2 Å². The lowest BCUT2D eigenvalue weighted by Crippen LogP contribution is -2.48. The van der Waals surface area contributed by atoms with Crippen LogP contribution >= 0.6 is 34.5 Å². The van der Waals surface area contributed by atoms with E-state index in [-0.39, 0.29) is 11.5 Å². The zero-order chi connectivity index (χ0) is 21.5. The number of H-pyrrole nitrogens is 1. The van der Waals surface area contributed by atoms with Gasteiger partial charge < -0.3 is 9.88 Å². The smallest absolute Gasteiger partial charge is 0.259 e. The zero-order valence-corrected chi connectivity index (χ0v) is 19.2. The summed E-state index contributed by atoms with van der Waals surface area (Å²) in [6.45, 7) is 3.13. The van der Waals surface area contributed by atoms with E-state index in [0.717, 1.165) is 29.5 Å². The summed E-state index contributed by atoms with van der Waals surface area (Å²) in [7, 11) is 0. The van der Waals surface area contributed by atoms with E-state index in [1.54, 1.807) is 34.4 Å². The third-order valence-electron chi connectivity index (χ3n) is 6.09. The van der Waals surface area contributed by atoms with Crippen molar-refractivity contribution in [2.75, 3.05) is 26.2 Å². The molecular weight excluding hydrogens is 455 g/mol. The lowest BCUT2D eigenvalue weighted by molar-refractivity contribution is 0.0625.